The number of rotatable bonds is 3. The van der Waals surface area contributed by atoms with Crippen LogP contribution in [-0.4, -0.2) is 19.0 Å². The quantitative estimate of drug-likeness (QED) is 0.720. The second kappa shape index (κ2) is 4.24. The summed E-state index contributed by atoms with van der Waals surface area (Å²) < 4.78 is 5.26. The minimum atomic E-state index is -0.364. The molecule has 0 radical (unpaired) electrons. The van der Waals surface area contributed by atoms with Crippen molar-refractivity contribution in [2.24, 2.45) is 5.41 Å². The zero-order valence-electron chi connectivity index (χ0n) is 9.03. The minimum Gasteiger partial charge on any atom is -0.373 e. The molecule has 1 rings (SSSR count). The van der Waals surface area contributed by atoms with Gasteiger partial charge >= 0.3 is 0 Å². The number of ketones is 1. The number of hydrogen-bond acceptors (Lipinski definition) is 3. The van der Waals surface area contributed by atoms with Crippen LogP contribution >= 0.6 is 11.3 Å². The first-order chi connectivity index (χ1) is 6.46. The average molecular weight is 212 g/mol. The van der Waals surface area contributed by atoms with E-state index in [4.69, 9.17) is 4.74 Å². The van der Waals surface area contributed by atoms with Gasteiger partial charge in [0.1, 0.15) is 6.10 Å². The van der Waals surface area contributed by atoms with E-state index in [2.05, 4.69) is 0 Å². The molecule has 3 heteroatoms. The number of hydrogen-bond donors (Lipinski definition) is 0. The van der Waals surface area contributed by atoms with Crippen molar-refractivity contribution >= 4 is 17.1 Å². The predicted octanol–water partition coefficient (Wildman–Crippen LogP) is 2.99. The Bertz CT molecular complexity index is 296. The summed E-state index contributed by atoms with van der Waals surface area (Å²) in [6.07, 6.45) is -0.364. The lowest BCUT2D eigenvalue weighted by molar-refractivity contribution is 0.0196. The van der Waals surface area contributed by atoms with E-state index in [1.807, 2.05) is 37.6 Å². The number of thiophene rings is 1. The minimum absolute atomic E-state index is 0.0706. The Morgan fingerprint density at radius 1 is 1.50 bits per heavy atom. The van der Waals surface area contributed by atoms with Gasteiger partial charge in [0.25, 0.3) is 0 Å². The summed E-state index contributed by atoms with van der Waals surface area (Å²) in [6, 6.07) is 1.84. The van der Waals surface area contributed by atoms with Crippen molar-refractivity contribution in [1.29, 1.82) is 0 Å². The average Bonchev–Trinajstić information content (AvgIpc) is 2.53. The van der Waals surface area contributed by atoms with E-state index in [0.717, 1.165) is 5.56 Å². The van der Waals surface area contributed by atoms with Crippen molar-refractivity contribution in [2.45, 2.75) is 26.9 Å². The van der Waals surface area contributed by atoms with Gasteiger partial charge in [0.15, 0.2) is 5.78 Å². The van der Waals surface area contributed by atoms with Gasteiger partial charge in [0.05, 0.1) is 0 Å². The fraction of sp³-hybridized carbons (Fsp3) is 0.545. The highest BCUT2D eigenvalue weighted by atomic mass is 32.1. The third-order valence-electron chi connectivity index (χ3n) is 2.07. The van der Waals surface area contributed by atoms with Gasteiger partial charge in [-0.3, -0.25) is 4.79 Å². The van der Waals surface area contributed by atoms with E-state index in [1.165, 1.54) is 11.3 Å². The summed E-state index contributed by atoms with van der Waals surface area (Å²) in [4.78, 5) is 12.0. The van der Waals surface area contributed by atoms with E-state index < -0.39 is 0 Å². The van der Waals surface area contributed by atoms with Crippen molar-refractivity contribution in [1.82, 2.24) is 0 Å². The van der Waals surface area contributed by atoms with Crippen LogP contribution < -0.4 is 0 Å². The molecule has 0 N–H and O–H groups in total. The third-order valence-corrected chi connectivity index (χ3v) is 2.75. The molecule has 0 aliphatic carbocycles. The molecule has 0 fully saturated rings. The lowest BCUT2D eigenvalue weighted by Crippen LogP contribution is -2.35. The standard InChI is InChI=1S/C11H16O2S/c1-11(2,3)10(13-4)9(12)8-5-6-14-7-8/h5-7,10H,1-4H3. The summed E-state index contributed by atoms with van der Waals surface area (Å²) >= 11 is 1.53. The Kier molecular flexibility index (Phi) is 3.45. The zero-order chi connectivity index (χ0) is 10.8. The van der Waals surface area contributed by atoms with Gasteiger partial charge in [-0.1, -0.05) is 20.8 Å². The number of methoxy groups -OCH3 is 1. The van der Waals surface area contributed by atoms with Gasteiger partial charge in [-0.05, 0) is 16.9 Å². The monoisotopic (exact) mass is 212 g/mol. The Balaban J connectivity index is 2.87. The van der Waals surface area contributed by atoms with Crippen LogP contribution in [0.1, 0.15) is 31.1 Å². The predicted molar refractivity (Wildman–Crippen MR) is 58.9 cm³/mol. The Morgan fingerprint density at radius 3 is 2.50 bits per heavy atom. The van der Waals surface area contributed by atoms with Crippen LogP contribution in [0.2, 0.25) is 0 Å². The Morgan fingerprint density at radius 2 is 2.14 bits per heavy atom. The maximum Gasteiger partial charge on any atom is 0.192 e. The highest BCUT2D eigenvalue weighted by Gasteiger charge is 2.31. The van der Waals surface area contributed by atoms with Crippen LogP contribution in [0.25, 0.3) is 0 Å². The first-order valence-electron chi connectivity index (χ1n) is 4.56. The molecule has 0 amide bonds. The van der Waals surface area contributed by atoms with Crippen molar-refractivity contribution in [3.63, 3.8) is 0 Å². The van der Waals surface area contributed by atoms with E-state index in [1.54, 1.807) is 7.11 Å². The highest BCUT2D eigenvalue weighted by Crippen LogP contribution is 2.25. The van der Waals surface area contributed by atoms with E-state index in [9.17, 15) is 4.79 Å². The molecule has 1 aromatic heterocycles. The van der Waals surface area contributed by atoms with E-state index in [-0.39, 0.29) is 17.3 Å². The summed E-state index contributed by atoms with van der Waals surface area (Å²) in [5.41, 5.74) is 0.588. The van der Waals surface area contributed by atoms with E-state index >= 15 is 0 Å². The second-order valence-corrected chi connectivity index (χ2v) is 5.14. The summed E-state index contributed by atoms with van der Waals surface area (Å²) in [5.74, 6) is 0.0706. The maximum absolute atomic E-state index is 12.0. The molecule has 0 saturated carbocycles. The largest absolute Gasteiger partial charge is 0.373 e. The van der Waals surface area contributed by atoms with Gasteiger partial charge in [0, 0.05) is 18.1 Å². The number of Topliss-reactive ketones (excluding diaryl/α,β-unsaturated/α-hetero) is 1. The molecule has 0 bridgehead atoms. The number of carbonyl (C=O) groups is 1. The fourth-order valence-electron chi connectivity index (χ4n) is 1.41. The molecule has 1 aromatic rings. The van der Waals surface area contributed by atoms with Gasteiger partial charge in [-0.25, -0.2) is 0 Å². The second-order valence-electron chi connectivity index (χ2n) is 4.36. The van der Waals surface area contributed by atoms with Crippen LogP contribution in [0.15, 0.2) is 16.8 Å². The van der Waals surface area contributed by atoms with Crippen molar-refractivity contribution in [2.75, 3.05) is 7.11 Å². The lowest BCUT2D eigenvalue weighted by Gasteiger charge is -2.27. The van der Waals surface area contributed by atoms with Crippen molar-refractivity contribution in [3.8, 4) is 0 Å². The molecule has 1 atom stereocenters. The molecule has 1 heterocycles. The third kappa shape index (κ3) is 2.42. The summed E-state index contributed by atoms with van der Waals surface area (Å²) in [7, 11) is 1.58. The SMILES string of the molecule is COC(C(=O)c1ccsc1)C(C)(C)C. The van der Waals surface area contributed by atoms with Gasteiger partial charge in [-0.15, -0.1) is 0 Å². The molecule has 14 heavy (non-hydrogen) atoms. The smallest absolute Gasteiger partial charge is 0.192 e. The molecule has 1 unspecified atom stereocenters. The van der Waals surface area contributed by atoms with Crippen molar-refractivity contribution < 1.29 is 9.53 Å². The molecule has 0 aromatic carbocycles. The molecular formula is C11H16O2S. The van der Waals surface area contributed by atoms with Crippen LogP contribution in [0.5, 0.6) is 0 Å². The Hall–Kier alpha value is -0.670. The Labute approximate surface area is 88.9 Å². The summed E-state index contributed by atoms with van der Waals surface area (Å²) in [5, 5.41) is 3.77. The molecular weight excluding hydrogens is 196 g/mol. The van der Waals surface area contributed by atoms with Crippen molar-refractivity contribution in [3.05, 3.63) is 22.4 Å². The van der Waals surface area contributed by atoms with Gasteiger partial charge in [0.2, 0.25) is 0 Å². The summed E-state index contributed by atoms with van der Waals surface area (Å²) in [6.45, 7) is 6.02. The van der Waals surface area contributed by atoms with Crippen LogP contribution in [-0.2, 0) is 4.74 Å². The number of carbonyl (C=O) groups excluding carboxylic acids is 1. The normalized spacial score (nSPS) is 14.0. The zero-order valence-corrected chi connectivity index (χ0v) is 9.85. The molecule has 0 saturated heterocycles. The topological polar surface area (TPSA) is 26.3 Å². The fourth-order valence-corrected chi connectivity index (χ4v) is 2.05. The van der Waals surface area contributed by atoms with Gasteiger partial charge < -0.3 is 4.74 Å². The first-order valence-corrected chi connectivity index (χ1v) is 5.50. The first kappa shape index (κ1) is 11.4. The molecule has 2 nitrogen and oxygen atoms in total. The lowest BCUT2D eigenvalue weighted by atomic mass is 9.85. The molecule has 0 spiro atoms. The molecule has 0 aliphatic rings. The molecule has 78 valence electrons. The number of ether oxygens (including phenoxy) is 1. The van der Waals surface area contributed by atoms with Crippen LogP contribution in [0.3, 0.4) is 0 Å². The maximum atomic E-state index is 12.0. The van der Waals surface area contributed by atoms with Crippen LogP contribution in [0.4, 0.5) is 0 Å². The molecule has 0 aliphatic heterocycles. The van der Waals surface area contributed by atoms with Crippen LogP contribution in [0, 0.1) is 5.41 Å². The van der Waals surface area contributed by atoms with E-state index in [0.29, 0.717) is 0 Å². The van der Waals surface area contributed by atoms with Gasteiger partial charge in [-0.2, -0.15) is 11.3 Å². The highest BCUT2D eigenvalue weighted by molar-refractivity contribution is 7.08.